The number of hydrogen-bond acceptors (Lipinski definition) is 3. The molecule has 0 aliphatic carbocycles. The van der Waals surface area contributed by atoms with Crippen LogP contribution in [0.25, 0.3) is 0 Å². The summed E-state index contributed by atoms with van der Waals surface area (Å²) in [4.78, 5) is 21.9. The topological polar surface area (TPSA) is 75.6 Å². The fourth-order valence-electron chi connectivity index (χ4n) is 1.25. The van der Waals surface area contributed by atoms with E-state index in [1.54, 1.807) is 18.2 Å². The average Bonchev–Trinajstić information content (AvgIpc) is 2.27. The second-order valence-electron chi connectivity index (χ2n) is 3.83. The smallest absolute Gasteiger partial charge is 0.325 e. The zero-order valence-corrected chi connectivity index (χ0v) is 11.7. The summed E-state index contributed by atoms with van der Waals surface area (Å²) in [7, 11) is 0. The Morgan fingerprint density at radius 2 is 1.89 bits per heavy atom. The summed E-state index contributed by atoms with van der Waals surface area (Å²) in [5.41, 5.74) is 0. The molecule has 0 aromatic heterocycles. The molecule has 0 bridgehead atoms. The van der Waals surface area contributed by atoms with Crippen LogP contribution in [-0.4, -0.2) is 29.6 Å². The number of rotatable bonds is 6. The van der Waals surface area contributed by atoms with Gasteiger partial charge in [-0.15, -0.1) is 0 Å². The molecule has 0 radical (unpaired) electrons. The Labute approximate surface area is 120 Å². The summed E-state index contributed by atoms with van der Waals surface area (Å²) < 4.78 is 5.30. The Hall–Kier alpha value is -1.46. The Kier molecular flexibility index (Phi) is 5.92. The van der Waals surface area contributed by atoms with Gasteiger partial charge < -0.3 is 15.2 Å². The zero-order chi connectivity index (χ0) is 14.4. The third-order valence-corrected chi connectivity index (χ3v) is 2.62. The Bertz CT molecular complexity index is 459. The molecule has 1 aromatic carbocycles. The van der Waals surface area contributed by atoms with Gasteiger partial charge in [0, 0.05) is 10.0 Å². The lowest BCUT2D eigenvalue weighted by molar-refractivity contribution is -0.141. The molecule has 1 rings (SSSR count). The van der Waals surface area contributed by atoms with Crippen LogP contribution in [-0.2, 0) is 9.59 Å². The maximum atomic E-state index is 11.4. The van der Waals surface area contributed by atoms with Gasteiger partial charge in [-0.05, 0) is 25.1 Å². The number of hydrogen-bond donors (Lipinski definition) is 2. The van der Waals surface area contributed by atoms with Gasteiger partial charge in [0.15, 0.2) is 0 Å². The zero-order valence-electron chi connectivity index (χ0n) is 10.2. The molecule has 2 N–H and O–H groups in total. The van der Waals surface area contributed by atoms with Gasteiger partial charge in [-0.25, -0.2) is 0 Å². The molecule has 0 fully saturated rings. The molecule has 1 atom stereocenters. The summed E-state index contributed by atoms with van der Waals surface area (Å²) in [5.74, 6) is -1.03. The van der Waals surface area contributed by atoms with Crippen molar-refractivity contribution >= 4 is 35.1 Å². The van der Waals surface area contributed by atoms with Gasteiger partial charge in [-0.3, -0.25) is 9.59 Å². The normalized spacial score (nSPS) is 11.7. The average molecular weight is 306 g/mol. The Morgan fingerprint density at radius 3 is 2.42 bits per heavy atom. The third kappa shape index (κ3) is 5.81. The minimum Gasteiger partial charge on any atom is -0.493 e. The number of benzene rings is 1. The lowest BCUT2D eigenvalue weighted by atomic mass is 10.3. The monoisotopic (exact) mass is 305 g/mol. The lowest BCUT2D eigenvalue weighted by Gasteiger charge is -2.10. The van der Waals surface area contributed by atoms with E-state index in [2.05, 4.69) is 5.32 Å². The van der Waals surface area contributed by atoms with Crippen LogP contribution in [0.5, 0.6) is 5.75 Å². The van der Waals surface area contributed by atoms with Gasteiger partial charge in [-0.2, -0.15) is 0 Å². The number of ether oxygens (including phenoxy) is 1. The number of nitrogens with one attached hydrogen (secondary N) is 1. The molecule has 1 amide bonds. The van der Waals surface area contributed by atoms with Gasteiger partial charge in [-0.1, -0.05) is 23.2 Å². The van der Waals surface area contributed by atoms with Crippen molar-refractivity contribution in [3.8, 4) is 5.75 Å². The molecule has 0 heterocycles. The number of carbonyl (C=O) groups excluding carboxylic acids is 1. The minimum atomic E-state index is -1.09. The maximum Gasteiger partial charge on any atom is 0.325 e. The third-order valence-electron chi connectivity index (χ3n) is 2.18. The van der Waals surface area contributed by atoms with Crippen molar-refractivity contribution in [3.63, 3.8) is 0 Å². The predicted octanol–water partition coefficient (Wildman–Crippen LogP) is 2.35. The largest absolute Gasteiger partial charge is 0.493 e. The highest BCUT2D eigenvalue weighted by Crippen LogP contribution is 2.24. The quantitative estimate of drug-likeness (QED) is 0.846. The van der Waals surface area contributed by atoms with Crippen molar-refractivity contribution in [1.82, 2.24) is 5.32 Å². The molecule has 19 heavy (non-hydrogen) atoms. The van der Waals surface area contributed by atoms with Crippen LogP contribution in [0.1, 0.15) is 13.3 Å². The van der Waals surface area contributed by atoms with Crippen LogP contribution >= 0.6 is 23.2 Å². The van der Waals surface area contributed by atoms with Crippen molar-refractivity contribution < 1.29 is 19.4 Å². The molecule has 0 saturated carbocycles. The van der Waals surface area contributed by atoms with Crippen LogP contribution in [0.2, 0.25) is 10.0 Å². The van der Waals surface area contributed by atoms with Crippen LogP contribution in [0.4, 0.5) is 0 Å². The molecule has 1 aromatic rings. The number of amides is 1. The Balaban J connectivity index is 2.37. The van der Waals surface area contributed by atoms with E-state index in [1.807, 2.05) is 0 Å². The van der Waals surface area contributed by atoms with E-state index < -0.39 is 17.9 Å². The SMILES string of the molecule is CC(NC(=O)CCOc1cc(Cl)cc(Cl)c1)C(=O)O. The summed E-state index contributed by atoms with van der Waals surface area (Å²) in [6.45, 7) is 1.49. The first-order valence-electron chi connectivity index (χ1n) is 5.49. The molecular weight excluding hydrogens is 293 g/mol. The van der Waals surface area contributed by atoms with E-state index in [0.29, 0.717) is 15.8 Å². The molecule has 0 spiro atoms. The molecule has 5 nitrogen and oxygen atoms in total. The first kappa shape index (κ1) is 15.6. The van der Waals surface area contributed by atoms with Crippen molar-refractivity contribution in [2.45, 2.75) is 19.4 Å². The van der Waals surface area contributed by atoms with Gasteiger partial charge in [0.25, 0.3) is 0 Å². The highest BCUT2D eigenvalue weighted by atomic mass is 35.5. The number of carboxylic acid groups (broad SMARTS) is 1. The van der Waals surface area contributed by atoms with Crippen molar-refractivity contribution in [2.75, 3.05) is 6.61 Å². The van der Waals surface area contributed by atoms with Crippen molar-refractivity contribution in [1.29, 1.82) is 0 Å². The maximum absolute atomic E-state index is 11.4. The highest BCUT2D eigenvalue weighted by molar-refractivity contribution is 6.34. The van der Waals surface area contributed by atoms with E-state index in [4.69, 9.17) is 33.0 Å². The molecule has 7 heteroatoms. The van der Waals surface area contributed by atoms with Gasteiger partial charge in [0.05, 0.1) is 13.0 Å². The molecular formula is C12H13Cl2NO4. The first-order valence-corrected chi connectivity index (χ1v) is 6.25. The van der Waals surface area contributed by atoms with E-state index in [0.717, 1.165) is 0 Å². The molecule has 1 unspecified atom stereocenters. The summed E-state index contributed by atoms with van der Waals surface area (Å²) in [5, 5.41) is 11.8. The summed E-state index contributed by atoms with van der Waals surface area (Å²) in [6.07, 6.45) is 0.0434. The fraction of sp³-hybridized carbons (Fsp3) is 0.333. The summed E-state index contributed by atoms with van der Waals surface area (Å²) in [6, 6.07) is 3.79. The van der Waals surface area contributed by atoms with Crippen molar-refractivity contribution in [2.24, 2.45) is 0 Å². The van der Waals surface area contributed by atoms with E-state index in [-0.39, 0.29) is 13.0 Å². The van der Waals surface area contributed by atoms with Crippen LogP contribution in [0.3, 0.4) is 0 Å². The second-order valence-corrected chi connectivity index (χ2v) is 4.70. The van der Waals surface area contributed by atoms with E-state index >= 15 is 0 Å². The van der Waals surface area contributed by atoms with Crippen molar-refractivity contribution in [3.05, 3.63) is 28.2 Å². The number of halogens is 2. The van der Waals surface area contributed by atoms with Gasteiger partial charge in [0.2, 0.25) is 5.91 Å². The fourth-order valence-corrected chi connectivity index (χ4v) is 1.75. The molecule has 0 aliphatic rings. The van der Waals surface area contributed by atoms with Gasteiger partial charge in [0.1, 0.15) is 11.8 Å². The standard InChI is InChI=1S/C12H13Cl2NO4/c1-7(12(17)18)15-11(16)2-3-19-10-5-8(13)4-9(14)6-10/h4-7H,2-3H2,1H3,(H,15,16)(H,17,18). The second kappa shape index (κ2) is 7.21. The van der Waals surface area contributed by atoms with Crippen LogP contribution < -0.4 is 10.1 Å². The minimum absolute atomic E-state index is 0.0434. The first-order chi connectivity index (χ1) is 8.88. The van der Waals surface area contributed by atoms with Gasteiger partial charge >= 0.3 is 5.97 Å². The van der Waals surface area contributed by atoms with Crippen LogP contribution in [0, 0.1) is 0 Å². The molecule has 0 saturated heterocycles. The number of carbonyl (C=O) groups is 2. The predicted molar refractivity (Wildman–Crippen MR) is 71.8 cm³/mol. The highest BCUT2D eigenvalue weighted by Gasteiger charge is 2.13. The summed E-state index contributed by atoms with van der Waals surface area (Å²) >= 11 is 11.6. The number of aliphatic carboxylic acids is 1. The molecule has 104 valence electrons. The molecule has 0 aliphatic heterocycles. The van der Waals surface area contributed by atoms with E-state index in [1.165, 1.54) is 6.92 Å². The lowest BCUT2D eigenvalue weighted by Crippen LogP contribution is -2.38. The van der Waals surface area contributed by atoms with Crippen LogP contribution in [0.15, 0.2) is 18.2 Å². The number of carboxylic acids is 1. The van der Waals surface area contributed by atoms with E-state index in [9.17, 15) is 9.59 Å². The Morgan fingerprint density at radius 1 is 1.32 bits per heavy atom.